The van der Waals surface area contributed by atoms with Crippen LogP contribution in [0, 0.1) is 20.2 Å². The van der Waals surface area contributed by atoms with E-state index in [0.717, 1.165) is 41.5 Å². The number of nitro groups is 2. The maximum absolute atomic E-state index is 12.6. The molecule has 3 rings (SSSR count). The molecule has 27 heavy (non-hydrogen) atoms. The normalized spacial score (nSPS) is 12.3. The van der Waals surface area contributed by atoms with Gasteiger partial charge in [-0.15, -0.1) is 11.3 Å². The van der Waals surface area contributed by atoms with Crippen molar-refractivity contribution < 1.29 is 24.2 Å². The molecule has 11 heteroatoms. The summed E-state index contributed by atoms with van der Waals surface area (Å²) < 4.78 is 4.79. The number of carbonyl (C=O) groups excluding carboxylic acids is 2. The number of esters is 1. The van der Waals surface area contributed by atoms with Crippen molar-refractivity contribution in [2.75, 3.05) is 12.4 Å². The zero-order chi connectivity index (χ0) is 19.7. The summed E-state index contributed by atoms with van der Waals surface area (Å²) in [5.74, 6) is -1.37. The Balaban J connectivity index is 1.98. The van der Waals surface area contributed by atoms with E-state index in [4.69, 9.17) is 4.74 Å². The molecule has 1 aromatic carbocycles. The molecule has 140 valence electrons. The fraction of sp³-hybridized carbons (Fsp3) is 0.250. The van der Waals surface area contributed by atoms with Crippen LogP contribution >= 0.6 is 11.3 Å². The number of carbonyl (C=O) groups is 2. The van der Waals surface area contributed by atoms with Crippen LogP contribution in [0.5, 0.6) is 0 Å². The fourth-order valence-electron chi connectivity index (χ4n) is 2.92. The largest absolute Gasteiger partial charge is 0.465 e. The van der Waals surface area contributed by atoms with Crippen LogP contribution in [0.4, 0.5) is 16.4 Å². The Hall–Kier alpha value is -3.34. The van der Waals surface area contributed by atoms with E-state index < -0.39 is 33.1 Å². The Labute approximate surface area is 156 Å². The van der Waals surface area contributed by atoms with Gasteiger partial charge in [-0.1, -0.05) is 0 Å². The summed E-state index contributed by atoms with van der Waals surface area (Å²) in [5.41, 5.74) is -0.303. The van der Waals surface area contributed by atoms with E-state index in [-0.39, 0.29) is 16.1 Å². The van der Waals surface area contributed by atoms with Gasteiger partial charge in [0.15, 0.2) is 0 Å². The molecule has 0 saturated heterocycles. The number of hydrogen-bond donors (Lipinski definition) is 1. The van der Waals surface area contributed by atoms with Crippen molar-refractivity contribution in [1.82, 2.24) is 0 Å². The van der Waals surface area contributed by atoms with E-state index >= 15 is 0 Å². The zero-order valence-corrected chi connectivity index (χ0v) is 14.8. The van der Waals surface area contributed by atoms with Crippen LogP contribution in [0.3, 0.4) is 0 Å². The Morgan fingerprint density at radius 1 is 1.11 bits per heavy atom. The predicted octanol–water partition coefficient (Wildman–Crippen LogP) is 3.09. The highest BCUT2D eigenvalue weighted by Crippen LogP contribution is 2.39. The van der Waals surface area contributed by atoms with Gasteiger partial charge in [-0.05, 0) is 24.8 Å². The quantitative estimate of drug-likeness (QED) is 0.469. The summed E-state index contributed by atoms with van der Waals surface area (Å²) in [6.45, 7) is 0. The van der Waals surface area contributed by atoms with Gasteiger partial charge in [0.05, 0.1) is 34.1 Å². The Kier molecular flexibility index (Phi) is 4.86. The maximum Gasteiger partial charge on any atom is 0.341 e. The number of anilines is 1. The first-order valence-corrected chi connectivity index (χ1v) is 8.61. The average molecular weight is 391 g/mol. The summed E-state index contributed by atoms with van der Waals surface area (Å²) in [6, 6.07) is 2.67. The highest BCUT2D eigenvalue weighted by Gasteiger charge is 2.29. The molecule has 1 N–H and O–H groups in total. The number of hydrogen-bond acceptors (Lipinski definition) is 8. The minimum absolute atomic E-state index is 0.250. The van der Waals surface area contributed by atoms with Crippen LogP contribution in [0.15, 0.2) is 18.2 Å². The fourth-order valence-corrected chi connectivity index (χ4v) is 4.20. The standard InChI is InChI=1S/C16H13N3O7S/c1-26-16(21)13-11-3-2-4-12(11)27-15(13)17-14(20)8-5-9(18(22)23)7-10(6-8)19(24)25/h5-7H,2-4H2,1H3,(H,17,20). The monoisotopic (exact) mass is 391 g/mol. The van der Waals surface area contributed by atoms with Crippen molar-refractivity contribution in [3.8, 4) is 0 Å². The highest BCUT2D eigenvalue weighted by molar-refractivity contribution is 7.17. The number of nitrogens with zero attached hydrogens (tertiary/aromatic N) is 2. The SMILES string of the molecule is COC(=O)c1c(NC(=O)c2cc([N+](=O)[O-])cc([N+](=O)[O-])c2)sc2c1CCC2. The number of thiophene rings is 1. The number of ether oxygens (including phenoxy) is 1. The first kappa shape index (κ1) is 18.5. The summed E-state index contributed by atoms with van der Waals surface area (Å²) in [7, 11) is 1.23. The lowest BCUT2D eigenvalue weighted by molar-refractivity contribution is -0.394. The predicted molar refractivity (Wildman–Crippen MR) is 95.4 cm³/mol. The Bertz CT molecular complexity index is 950. The van der Waals surface area contributed by atoms with Gasteiger partial charge < -0.3 is 10.1 Å². The summed E-state index contributed by atoms with van der Waals surface area (Å²) >= 11 is 1.24. The molecule has 1 aliphatic carbocycles. The van der Waals surface area contributed by atoms with Crippen molar-refractivity contribution in [3.05, 3.63) is 60.0 Å². The number of methoxy groups -OCH3 is 1. The van der Waals surface area contributed by atoms with E-state index in [2.05, 4.69) is 5.32 Å². The molecule has 1 amide bonds. The highest BCUT2D eigenvalue weighted by atomic mass is 32.1. The first-order valence-electron chi connectivity index (χ1n) is 7.80. The van der Waals surface area contributed by atoms with Crippen LogP contribution in [0.2, 0.25) is 0 Å². The van der Waals surface area contributed by atoms with Crippen LogP contribution in [-0.2, 0) is 17.6 Å². The third-order valence-corrected chi connectivity index (χ3v) is 5.33. The van der Waals surface area contributed by atoms with E-state index in [0.29, 0.717) is 6.42 Å². The molecule has 0 spiro atoms. The maximum atomic E-state index is 12.6. The van der Waals surface area contributed by atoms with E-state index in [1.165, 1.54) is 18.4 Å². The minimum atomic E-state index is -0.816. The van der Waals surface area contributed by atoms with E-state index in [1.807, 2.05) is 0 Å². The topological polar surface area (TPSA) is 142 Å². The number of nitro benzene ring substituents is 2. The molecule has 2 aromatic rings. The minimum Gasteiger partial charge on any atom is -0.465 e. The summed E-state index contributed by atoms with van der Waals surface area (Å²) in [5, 5.41) is 24.8. The number of amides is 1. The molecule has 1 aromatic heterocycles. The van der Waals surface area contributed by atoms with E-state index in [1.54, 1.807) is 0 Å². The lowest BCUT2D eigenvalue weighted by Crippen LogP contribution is -2.15. The zero-order valence-electron chi connectivity index (χ0n) is 14.0. The number of benzene rings is 1. The van der Waals surface area contributed by atoms with Crippen molar-refractivity contribution in [2.24, 2.45) is 0 Å². The average Bonchev–Trinajstić information content (AvgIpc) is 3.21. The van der Waals surface area contributed by atoms with Gasteiger partial charge in [0.25, 0.3) is 17.3 Å². The van der Waals surface area contributed by atoms with Gasteiger partial charge in [0.1, 0.15) is 5.00 Å². The van der Waals surface area contributed by atoms with Crippen molar-refractivity contribution >= 4 is 39.6 Å². The lowest BCUT2D eigenvalue weighted by atomic mass is 10.1. The molecule has 1 aliphatic rings. The molecule has 0 aliphatic heterocycles. The summed E-state index contributed by atoms with van der Waals surface area (Å²) in [6.07, 6.45) is 2.37. The smallest absolute Gasteiger partial charge is 0.341 e. The Morgan fingerprint density at radius 3 is 2.30 bits per heavy atom. The van der Waals surface area contributed by atoms with Gasteiger partial charge in [0.2, 0.25) is 0 Å². The summed E-state index contributed by atoms with van der Waals surface area (Å²) in [4.78, 5) is 46.0. The number of nitrogens with one attached hydrogen (secondary N) is 1. The van der Waals surface area contributed by atoms with Crippen molar-refractivity contribution in [2.45, 2.75) is 19.3 Å². The van der Waals surface area contributed by atoms with Crippen LogP contribution in [0.1, 0.15) is 37.6 Å². The molecule has 0 bridgehead atoms. The molecule has 0 unspecified atom stereocenters. The Morgan fingerprint density at radius 2 is 1.74 bits per heavy atom. The van der Waals surface area contributed by atoms with Gasteiger partial charge >= 0.3 is 5.97 Å². The first-order chi connectivity index (χ1) is 12.8. The van der Waals surface area contributed by atoms with Crippen molar-refractivity contribution in [1.29, 1.82) is 0 Å². The molecule has 10 nitrogen and oxygen atoms in total. The molecule has 0 fully saturated rings. The number of non-ortho nitro benzene ring substituents is 2. The van der Waals surface area contributed by atoms with Crippen LogP contribution < -0.4 is 5.32 Å². The molecular weight excluding hydrogens is 378 g/mol. The molecule has 1 heterocycles. The molecule has 0 saturated carbocycles. The van der Waals surface area contributed by atoms with E-state index in [9.17, 15) is 29.8 Å². The number of aryl methyl sites for hydroxylation is 1. The molecule has 0 atom stereocenters. The second-order valence-corrected chi connectivity index (χ2v) is 6.86. The van der Waals surface area contributed by atoms with Gasteiger partial charge in [-0.2, -0.15) is 0 Å². The second kappa shape index (κ2) is 7.11. The van der Waals surface area contributed by atoms with Crippen molar-refractivity contribution in [3.63, 3.8) is 0 Å². The van der Waals surface area contributed by atoms with Crippen LogP contribution in [-0.4, -0.2) is 28.8 Å². The van der Waals surface area contributed by atoms with Gasteiger partial charge in [0, 0.05) is 17.0 Å². The second-order valence-electron chi connectivity index (χ2n) is 5.76. The van der Waals surface area contributed by atoms with Crippen LogP contribution in [0.25, 0.3) is 0 Å². The molecular formula is C16H13N3O7S. The number of rotatable bonds is 5. The number of fused-ring (bicyclic) bond motifs is 1. The van der Waals surface area contributed by atoms with Gasteiger partial charge in [-0.25, -0.2) is 4.79 Å². The molecule has 0 radical (unpaired) electrons. The third-order valence-electron chi connectivity index (χ3n) is 4.12. The lowest BCUT2D eigenvalue weighted by Gasteiger charge is -2.07. The third kappa shape index (κ3) is 3.49. The van der Waals surface area contributed by atoms with Gasteiger partial charge in [-0.3, -0.25) is 25.0 Å².